The van der Waals surface area contributed by atoms with Crippen LogP contribution >= 0.6 is 0 Å². The van der Waals surface area contributed by atoms with Crippen LogP contribution in [0.3, 0.4) is 0 Å². The minimum atomic E-state index is -0.942. The Morgan fingerprint density at radius 2 is 2.09 bits per heavy atom. The second-order valence-electron chi connectivity index (χ2n) is 2.45. The van der Waals surface area contributed by atoms with Gasteiger partial charge in [0.25, 0.3) is 0 Å². The molecule has 0 bridgehead atoms. The lowest BCUT2D eigenvalue weighted by molar-refractivity contribution is -0.00242. The van der Waals surface area contributed by atoms with Gasteiger partial charge >= 0.3 is 0 Å². The Morgan fingerprint density at radius 1 is 1.45 bits per heavy atom. The molecule has 0 heterocycles. The van der Waals surface area contributed by atoms with E-state index >= 15 is 0 Å². The average molecular weight is 176 g/mol. The summed E-state index contributed by atoms with van der Waals surface area (Å²) in [7, 11) is 0.633. The van der Waals surface area contributed by atoms with Gasteiger partial charge in [0, 0.05) is 7.11 Å². The quantitative estimate of drug-likeness (QED) is 0.345. The first kappa shape index (κ1) is 10.7. The maximum atomic E-state index is 5.36. The molecule has 0 aromatic rings. The largest absolute Gasteiger partial charge is 0.470 e. The van der Waals surface area contributed by atoms with Crippen molar-refractivity contribution in [2.24, 2.45) is 0 Å². The molecule has 0 aliphatic rings. The molecular weight excluding hydrogens is 160 g/mol. The average Bonchev–Trinajstić information content (AvgIpc) is 1.97. The van der Waals surface area contributed by atoms with Gasteiger partial charge < -0.3 is 13.9 Å². The number of ether oxygens (including phenoxy) is 2. The van der Waals surface area contributed by atoms with Crippen molar-refractivity contribution in [1.82, 2.24) is 0 Å². The maximum Gasteiger partial charge on any atom is 0.188 e. The van der Waals surface area contributed by atoms with Gasteiger partial charge in [-0.05, 0) is 13.1 Å². The van der Waals surface area contributed by atoms with E-state index in [1.54, 1.807) is 7.11 Å². The van der Waals surface area contributed by atoms with Gasteiger partial charge in [0.2, 0.25) is 0 Å². The van der Waals surface area contributed by atoms with Crippen molar-refractivity contribution in [3.05, 3.63) is 12.3 Å². The summed E-state index contributed by atoms with van der Waals surface area (Å²) in [6.07, 6.45) is 0. The van der Waals surface area contributed by atoms with Crippen LogP contribution in [0.5, 0.6) is 0 Å². The Labute approximate surface area is 69.7 Å². The molecule has 0 spiro atoms. The highest BCUT2D eigenvalue weighted by molar-refractivity contribution is 6.48. The van der Waals surface area contributed by atoms with E-state index in [1.165, 1.54) is 0 Å². The van der Waals surface area contributed by atoms with E-state index < -0.39 is 9.04 Å². The molecule has 4 heteroatoms. The standard InChI is InChI=1S/C7H16O3Si/c1-7(9-6-8-2)5-10-11(3)4/h11H,1,5-6H2,2-4H3. The van der Waals surface area contributed by atoms with Crippen LogP contribution in [0.4, 0.5) is 0 Å². The van der Waals surface area contributed by atoms with Crippen LogP contribution in [0.1, 0.15) is 0 Å². The van der Waals surface area contributed by atoms with Gasteiger partial charge in [-0.3, -0.25) is 0 Å². The van der Waals surface area contributed by atoms with E-state index in [4.69, 9.17) is 13.9 Å². The molecule has 0 N–H and O–H groups in total. The molecule has 0 rings (SSSR count). The normalized spacial score (nSPS) is 10.2. The van der Waals surface area contributed by atoms with Gasteiger partial charge in [-0.15, -0.1) is 0 Å². The van der Waals surface area contributed by atoms with Crippen LogP contribution in [0.2, 0.25) is 13.1 Å². The molecule has 66 valence electrons. The molecule has 3 nitrogen and oxygen atoms in total. The van der Waals surface area contributed by atoms with Crippen molar-refractivity contribution < 1.29 is 13.9 Å². The molecule has 0 aliphatic heterocycles. The summed E-state index contributed by atoms with van der Waals surface area (Å²) in [5, 5.41) is 0. The topological polar surface area (TPSA) is 27.7 Å². The predicted molar refractivity (Wildman–Crippen MR) is 46.9 cm³/mol. The summed E-state index contributed by atoms with van der Waals surface area (Å²) < 4.78 is 15.1. The third-order valence-corrected chi connectivity index (χ3v) is 1.79. The van der Waals surface area contributed by atoms with Gasteiger partial charge in [0.1, 0.15) is 5.76 Å². The van der Waals surface area contributed by atoms with Crippen molar-refractivity contribution in [3.8, 4) is 0 Å². The number of rotatable bonds is 6. The zero-order valence-corrected chi connectivity index (χ0v) is 8.58. The Bertz CT molecular complexity index is 114. The van der Waals surface area contributed by atoms with E-state index in [2.05, 4.69) is 19.7 Å². The summed E-state index contributed by atoms with van der Waals surface area (Å²) in [5.74, 6) is 0.632. The van der Waals surface area contributed by atoms with E-state index in [1.807, 2.05) is 0 Å². The zero-order valence-electron chi connectivity index (χ0n) is 7.42. The van der Waals surface area contributed by atoms with E-state index in [0.29, 0.717) is 12.4 Å². The smallest absolute Gasteiger partial charge is 0.188 e. The van der Waals surface area contributed by atoms with Crippen LogP contribution < -0.4 is 0 Å². The zero-order chi connectivity index (χ0) is 8.69. The highest BCUT2D eigenvalue weighted by Gasteiger charge is 1.98. The van der Waals surface area contributed by atoms with Gasteiger partial charge in [0.05, 0.1) is 6.61 Å². The first-order valence-corrected chi connectivity index (χ1v) is 6.36. The maximum absolute atomic E-state index is 5.36. The minimum absolute atomic E-state index is 0.252. The molecule has 0 saturated heterocycles. The molecular formula is C7H16O3Si. The molecule has 0 aliphatic carbocycles. The van der Waals surface area contributed by atoms with Crippen molar-refractivity contribution >= 4 is 9.04 Å². The van der Waals surface area contributed by atoms with Crippen molar-refractivity contribution in [2.75, 3.05) is 20.5 Å². The molecule has 0 aromatic heterocycles. The van der Waals surface area contributed by atoms with Crippen LogP contribution in [0.25, 0.3) is 0 Å². The minimum Gasteiger partial charge on any atom is -0.470 e. The first-order chi connectivity index (χ1) is 5.16. The van der Waals surface area contributed by atoms with E-state index in [0.717, 1.165) is 0 Å². The molecule has 0 radical (unpaired) electrons. The Morgan fingerprint density at radius 3 is 2.55 bits per heavy atom. The highest BCUT2D eigenvalue weighted by atomic mass is 28.3. The van der Waals surface area contributed by atoms with Crippen molar-refractivity contribution in [2.45, 2.75) is 13.1 Å². The first-order valence-electron chi connectivity index (χ1n) is 3.58. The highest BCUT2D eigenvalue weighted by Crippen LogP contribution is 1.95. The van der Waals surface area contributed by atoms with Crippen molar-refractivity contribution in [3.63, 3.8) is 0 Å². The molecule has 0 fully saturated rings. The number of hydrogen-bond donors (Lipinski definition) is 0. The summed E-state index contributed by atoms with van der Waals surface area (Å²) in [5.41, 5.74) is 0. The molecule has 0 unspecified atom stereocenters. The molecule has 0 aromatic carbocycles. The molecule has 0 atom stereocenters. The van der Waals surface area contributed by atoms with Gasteiger partial charge in [0.15, 0.2) is 15.8 Å². The summed E-state index contributed by atoms with van der Waals surface area (Å²) in [4.78, 5) is 0. The van der Waals surface area contributed by atoms with Gasteiger partial charge in [-0.25, -0.2) is 0 Å². The Balaban J connectivity index is 3.23. The Hall–Kier alpha value is -0.323. The van der Waals surface area contributed by atoms with Crippen LogP contribution in [-0.2, 0) is 13.9 Å². The number of hydrogen-bond acceptors (Lipinski definition) is 3. The fourth-order valence-electron chi connectivity index (χ4n) is 0.444. The fourth-order valence-corrected chi connectivity index (χ4v) is 0.963. The van der Waals surface area contributed by atoms with E-state index in [-0.39, 0.29) is 6.79 Å². The lowest BCUT2D eigenvalue weighted by Gasteiger charge is -2.09. The molecule has 0 amide bonds. The molecule has 11 heavy (non-hydrogen) atoms. The van der Waals surface area contributed by atoms with Gasteiger partial charge in [-0.2, -0.15) is 0 Å². The van der Waals surface area contributed by atoms with Crippen LogP contribution in [0, 0.1) is 0 Å². The number of methoxy groups -OCH3 is 1. The van der Waals surface area contributed by atoms with Crippen molar-refractivity contribution in [1.29, 1.82) is 0 Å². The summed E-state index contributed by atoms with van der Waals surface area (Å²) in [6.45, 7) is 8.61. The second-order valence-corrected chi connectivity index (χ2v) is 4.88. The second kappa shape index (κ2) is 6.39. The third-order valence-electron chi connectivity index (χ3n) is 0.959. The molecule has 0 saturated carbocycles. The lowest BCUT2D eigenvalue weighted by Crippen LogP contribution is -2.11. The van der Waals surface area contributed by atoms with Gasteiger partial charge in [-0.1, -0.05) is 6.58 Å². The monoisotopic (exact) mass is 176 g/mol. The summed E-state index contributed by atoms with van der Waals surface area (Å²) >= 11 is 0. The summed E-state index contributed by atoms with van der Waals surface area (Å²) in [6, 6.07) is 0. The van der Waals surface area contributed by atoms with Crippen LogP contribution in [0.15, 0.2) is 12.3 Å². The van der Waals surface area contributed by atoms with Crippen LogP contribution in [-0.4, -0.2) is 29.5 Å². The van der Waals surface area contributed by atoms with E-state index in [9.17, 15) is 0 Å². The lowest BCUT2D eigenvalue weighted by atomic mass is 10.6. The fraction of sp³-hybridized carbons (Fsp3) is 0.714. The third kappa shape index (κ3) is 7.57. The Kier molecular flexibility index (Phi) is 6.20. The predicted octanol–water partition coefficient (Wildman–Crippen LogP) is 1.12. The SMILES string of the molecule is C=C(CO[SiH](C)C)OCOC.